The maximum absolute atomic E-state index is 5.35. The van der Waals surface area contributed by atoms with Crippen molar-refractivity contribution in [2.24, 2.45) is 11.7 Å². The second-order valence-corrected chi connectivity index (χ2v) is 2.20. The fourth-order valence-electron chi connectivity index (χ4n) is 0.868. The van der Waals surface area contributed by atoms with E-state index < -0.39 is 0 Å². The molecule has 0 saturated heterocycles. The van der Waals surface area contributed by atoms with Crippen molar-refractivity contribution >= 4 is 0 Å². The van der Waals surface area contributed by atoms with Crippen molar-refractivity contribution in [1.29, 1.82) is 0 Å². The van der Waals surface area contributed by atoms with Crippen molar-refractivity contribution < 1.29 is 0 Å². The van der Waals surface area contributed by atoms with Gasteiger partial charge in [0.05, 0.1) is 0 Å². The van der Waals surface area contributed by atoms with Crippen molar-refractivity contribution in [3.05, 3.63) is 36.1 Å². The lowest BCUT2D eigenvalue weighted by molar-refractivity contribution is 0.879. The Morgan fingerprint density at radius 2 is 2.33 bits per heavy atom. The Balaban J connectivity index is 2.78. The number of rotatable bonds is 0. The van der Waals surface area contributed by atoms with Crippen molar-refractivity contribution in [3.8, 4) is 0 Å². The van der Waals surface area contributed by atoms with Crippen LogP contribution in [0.25, 0.3) is 0 Å². The van der Waals surface area contributed by atoms with Crippen LogP contribution in [0.3, 0.4) is 0 Å². The smallest absolute Gasteiger partial charge is 0.000686 e. The highest BCUT2D eigenvalue weighted by Gasteiger charge is 2.01. The molecule has 1 heteroatoms. The van der Waals surface area contributed by atoms with E-state index >= 15 is 0 Å². The summed E-state index contributed by atoms with van der Waals surface area (Å²) in [6.45, 7) is 2.12. The molecule has 48 valence electrons. The molecule has 1 nitrogen and oxygen atoms in total. The first kappa shape index (κ1) is 6.14. The Kier molecular flexibility index (Phi) is 1.73. The average Bonchev–Trinajstić information content (AvgIpc) is 1.89. The molecule has 2 N–H and O–H groups in total. The highest BCUT2D eigenvalue weighted by molar-refractivity contribution is 5.31. The Morgan fingerprint density at radius 3 is 2.78 bits per heavy atom. The molecule has 9 heavy (non-hydrogen) atoms. The third-order valence-corrected chi connectivity index (χ3v) is 1.52. The van der Waals surface area contributed by atoms with E-state index in [0.717, 1.165) is 0 Å². The summed E-state index contributed by atoms with van der Waals surface area (Å²) in [4.78, 5) is 0. The first-order valence-corrected chi connectivity index (χ1v) is 3.11. The molecule has 0 heterocycles. The summed E-state index contributed by atoms with van der Waals surface area (Å²) in [5, 5.41) is 0. The quantitative estimate of drug-likeness (QED) is 0.517. The topological polar surface area (TPSA) is 26.0 Å². The zero-order valence-electron chi connectivity index (χ0n) is 5.54. The Labute approximate surface area is 55.6 Å². The summed E-state index contributed by atoms with van der Waals surface area (Å²) in [7, 11) is 0. The molecule has 1 unspecified atom stereocenters. The second-order valence-electron chi connectivity index (χ2n) is 2.20. The molecule has 0 fully saturated rings. The van der Waals surface area contributed by atoms with Gasteiger partial charge in [0.2, 0.25) is 0 Å². The molecule has 0 aromatic rings. The predicted octanol–water partition coefficient (Wildman–Crippen LogP) is 1.59. The van der Waals surface area contributed by atoms with E-state index in [1.807, 2.05) is 18.2 Å². The largest absolute Gasteiger partial charge is 0.404 e. The lowest BCUT2D eigenvalue weighted by atomic mass is 9.98. The fraction of sp³-hybridized carbons (Fsp3) is 0.250. The highest BCUT2D eigenvalue weighted by Crippen LogP contribution is 2.15. The van der Waals surface area contributed by atoms with E-state index in [4.69, 9.17) is 5.73 Å². The van der Waals surface area contributed by atoms with E-state index in [2.05, 4.69) is 13.0 Å². The minimum atomic E-state index is 0.486. The van der Waals surface area contributed by atoms with Crippen molar-refractivity contribution in [1.82, 2.24) is 0 Å². The van der Waals surface area contributed by atoms with Crippen molar-refractivity contribution in [2.45, 2.75) is 6.92 Å². The molecule has 1 aliphatic carbocycles. The minimum absolute atomic E-state index is 0.486. The average molecular weight is 121 g/mol. The normalized spacial score (nSPS) is 29.4. The van der Waals surface area contributed by atoms with Gasteiger partial charge in [0, 0.05) is 5.92 Å². The standard InChI is InChI=1S/C8H11N/c1-7-4-2-3-5-8(7)6-9/h2-7H,9H2,1H3/b8-6-. The van der Waals surface area contributed by atoms with E-state index in [1.54, 1.807) is 6.20 Å². The second kappa shape index (κ2) is 2.53. The van der Waals surface area contributed by atoms with Crippen LogP contribution in [0.4, 0.5) is 0 Å². The summed E-state index contributed by atoms with van der Waals surface area (Å²) in [6.07, 6.45) is 9.85. The summed E-state index contributed by atoms with van der Waals surface area (Å²) in [5.41, 5.74) is 6.54. The summed E-state index contributed by atoms with van der Waals surface area (Å²) >= 11 is 0. The first-order chi connectivity index (χ1) is 4.34. The number of allylic oxidation sites excluding steroid dienone is 5. The molecule has 0 bridgehead atoms. The van der Waals surface area contributed by atoms with Crippen LogP contribution >= 0.6 is 0 Å². The van der Waals surface area contributed by atoms with Crippen LogP contribution in [0.5, 0.6) is 0 Å². The molecule has 0 saturated carbocycles. The molecule has 0 aromatic carbocycles. The van der Waals surface area contributed by atoms with Crippen LogP contribution < -0.4 is 5.73 Å². The molecule has 0 spiro atoms. The fourth-order valence-corrected chi connectivity index (χ4v) is 0.868. The number of nitrogens with two attached hydrogens (primary N) is 1. The zero-order valence-corrected chi connectivity index (χ0v) is 5.54. The monoisotopic (exact) mass is 121 g/mol. The van der Waals surface area contributed by atoms with Gasteiger partial charge >= 0.3 is 0 Å². The van der Waals surface area contributed by atoms with Crippen LogP contribution in [-0.2, 0) is 0 Å². The van der Waals surface area contributed by atoms with Gasteiger partial charge in [0.15, 0.2) is 0 Å². The van der Waals surface area contributed by atoms with Gasteiger partial charge in [-0.05, 0) is 11.8 Å². The van der Waals surface area contributed by atoms with Crippen LogP contribution in [-0.4, -0.2) is 0 Å². The molecule has 1 rings (SSSR count). The van der Waals surface area contributed by atoms with Crippen LogP contribution in [0.1, 0.15) is 6.92 Å². The van der Waals surface area contributed by atoms with Crippen LogP contribution in [0.15, 0.2) is 36.1 Å². The van der Waals surface area contributed by atoms with E-state index in [1.165, 1.54) is 5.57 Å². The molecule has 0 aromatic heterocycles. The van der Waals surface area contributed by atoms with Gasteiger partial charge in [-0.3, -0.25) is 0 Å². The lowest BCUT2D eigenvalue weighted by Crippen LogP contribution is -1.98. The van der Waals surface area contributed by atoms with Gasteiger partial charge in [0.25, 0.3) is 0 Å². The van der Waals surface area contributed by atoms with Crippen molar-refractivity contribution in [2.75, 3.05) is 0 Å². The molecule has 0 aliphatic heterocycles. The predicted molar refractivity (Wildman–Crippen MR) is 39.7 cm³/mol. The maximum atomic E-state index is 5.35. The lowest BCUT2D eigenvalue weighted by Gasteiger charge is -2.08. The molecule has 1 aliphatic rings. The SMILES string of the molecule is CC1C=CC=C/C1=C/N. The highest BCUT2D eigenvalue weighted by atomic mass is 14.5. The maximum Gasteiger partial charge on any atom is 0.000686 e. The molecule has 1 atom stereocenters. The van der Waals surface area contributed by atoms with E-state index in [9.17, 15) is 0 Å². The first-order valence-electron chi connectivity index (χ1n) is 3.11. The number of hydrogen-bond acceptors (Lipinski definition) is 1. The molecular weight excluding hydrogens is 110 g/mol. The van der Waals surface area contributed by atoms with E-state index in [-0.39, 0.29) is 0 Å². The van der Waals surface area contributed by atoms with Crippen LogP contribution in [0, 0.1) is 5.92 Å². The Morgan fingerprint density at radius 1 is 1.56 bits per heavy atom. The summed E-state index contributed by atoms with van der Waals surface area (Å²) in [5.74, 6) is 0.486. The van der Waals surface area contributed by atoms with Crippen LogP contribution in [0.2, 0.25) is 0 Å². The van der Waals surface area contributed by atoms with Gasteiger partial charge in [-0.15, -0.1) is 0 Å². The van der Waals surface area contributed by atoms with Gasteiger partial charge in [-0.25, -0.2) is 0 Å². The summed E-state index contributed by atoms with van der Waals surface area (Å²) in [6, 6.07) is 0. The molecule has 0 radical (unpaired) electrons. The minimum Gasteiger partial charge on any atom is -0.404 e. The third-order valence-electron chi connectivity index (χ3n) is 1.52. The molecule has 0 amide bonds. The van der Waals surface area contributed by atoms with E-state index in [0.29, 0.717) is 5.92 Å². The summed E-state index contributed by atoms with van der Waals surface area (Å²) < 4.78 is 0. The Hall–Kier alpha value is -0.980. The molecular formula is C8H11N. The zero-order chi connectivity index (χ0) is 6.69. The van der Waals surface area contributed by atoms with Gasteiger partial charge in [0.1, 0.15) is 0 Å². The Bertz CT molecular complexity index is 175. The van der Waals surface area contributed by atoms with Crippen molar-refractivity contribution in [3.63, 3.8) is 0 Å². The van der Waals surface area contributed by atoms with Gasteiger partial charge in [-0.2, -0.15) is 0 Å². The number of hydrogen-bond donors (Lipinski definition) is 1. The van der Waals surface area contributed by atoms with Gasteiger partial charge < -0.3 is 5.73 Å². The third kappa shape index (κ3) is 1.22. The van der Waals surface area contributed by atoms with Gasteiger partial charge in [-0.1, -0.05) is 31.2 Å².